The van der Waals surface area contributed by atoms with E-state index < -0.39 is 34.9 Å². The fraction of sp³-hybridized carbons (Fsp3) is 0.125. The highest BCUT2D eigenvalue weighted by atomic mass is 19.4. The average Bonchev–Trinajstić information content (AvgIpc) is 2.45. The van der Waals surface area contributed by atoms with E-state index in [1.807, 2.05) is 0 Å². The summed E-state index contributed by atoms with van der Waals surface area (Å²) in [6.45, 7) is 1.16. The topological polar surface area (TPSA) is 54.4 Å². The van der Waals surface area contributed by atoms with Crippen LogP contribution in [0.15, 0.2) is 36.4 Å². The molecule has 23 heavy (non-hydrogen) atoms. The maximum absolute atomic E-state index is 13.5. The second-order valence-corrected chi connectivity index (χ2v) is 4.81. The largest absolute Gasteiger partial charge is 0.478 e. The molecule has 0 amide bonds. The van der Waals surface area contributed by atoms with E-state index in [4.69, 9.17) is 5.11 Å². The van der Waals surface area contributed by atoms with E-state index in [0.29, 0.717) is 12.1 Å². The average molecular weight is 326 g/mol. The summed E-state index contributed by atoms with van der Waals surface area (Å²) in [6.07, 6.45) is -4.70. The van der Waals surface area contributed by atoms with Gasteiger partial charge in [0.15, 0.2) is 5.78 Å². The number of hydrogen-bond acceptors (Lipinski definition) is 2. The summed E-state index contributed by atoms with van der Waals surface area (Å²) in [7, 11) is 0. The van der Waals surface area contributed by atoms with Gasteiger partial charge in [-0.25, -0.2) is 9.18 Å². The van der Waals surface area contributed by atoms with Crippen molar-refractivity contribution in [1.29, 1.82) is 0 Å². The third-order valence-electron chi connectivity index (χ3n) is 3.23. The maximum atomic E-state index is 13.5. The number of halogens is 4. The van der Waals surface area contributed by atoms with Crippen molar-refractivity contribution >= 4 is 11.8 Å². The predicted octanol–water partition coefficient (Wildman–Crippen LogP) is 4.41. The van der Waals surface area contributed by atoms with Gasteiger partial charge in [0.2, 0.25) is 0 Å². The van der Waals surface area contributed by atoms with Gasteiger partial charge in [0.1, 0.15) is 5.82 Å². The Hall–Kier alpha value is -2.70. The van der Waals surface area contributed by atoms with E-state index in [9.17, 15) is 27.2 Å². The maximum Gasteiger partial charge on any atom is 0.416 e. The van der Waals surface area contributed by atoms with Crippen molar-refractivity contribution in [2.24, 2.45) is 0 Å². The molecule has 0 fully saturated rings. The zero-order valence-corrected chi connectivity index (χ0v) is 11.7. The minimum atomic E-state index is -4.70. The normalized spacial score (nSPS) is 11.3. The van der Waals surface area contributed by atoms with Gasteiger partial charge in [0, 0.05) is 5.56 Å². The highest BCUT2D eigenvalue weighted by molar-refractivity contribution is 6.04. The molecular formula is C16H10F4O3. The minimum absolute atomic E-state index is 0.0618. The molecule has 0 aromatic heterocycles. The molecule has 0 saturated carbocycles. The van der Waals surface area contributed by atoms with E-state index in [-0.39, 0.29) is 16.7 Å². The molecule has 0 aliphatic rings. The van der Waals surface area contributed by atoms with Crippen LogP contribution in [0.4, 0.5) is 17.6 Å². The van der Waals surface area contributed by atoms with Crippen LogP contribution in [0, 0.1) is 5.82 Å². The zero-order chi connectivity index (χ0) is 17.4. The van der Waals surface area contributed by atoms with Crippen molar-refractivity contribution in [1.82, 2.24) is 0 Å². The first-order valence-corrected chi connectivity index (χ1v) is 6.36. The number of rotatable bonds is 3. The van der Waals surface area contributed by atoms with Crippen molar-refractivity contribution in [2.75, 3.05) is 0 Å². The lowest BCUT2D eigenvalue weighted by atomic mass is 9.92. The molecule has 2 aromatic carbocycles. The summed E-state index contributed by atoms with van der Waals surface area (Å²) in [5, 5.41) is 9.16. The molecular weight excluding hydrogens is 316 g/mol. The third kappa shape index (κ3) is 3.39. The number of Topliss-reactive ketones (excluding diaryl/α,β-unsaturated/α-hetero) is 1. The van der Waals surface area contributed by atoms with Crippen LogP contribution < -0.4 is 0 Å². The number of alkyl halides is 3. The molecule has 2 aromatic rings. The third-order valence-corrected chi connectivity index (χ3v) is 3.23. The summed E-state index contributed by atoms with van der Waals surface area (Å²) in [4.78, 5) is 22.9. The minimum Gasteiger partial charge on any atom is -0.478 e. The molecule has 0 spiro atoms. The Morgan fingerprint density at radius 1 is 0.957 bits per heavy atom. The summed E-state index contributed by atoms with van der Waals surface area (Å²) >= 11 is 0. The van der Waals surface area contributed by atoms with Crippen LogP contribution in [0.5, 0.6) is 0 Å². The molecule has 2 rings (SSSR count). The number of hydrogen-bond donors (Lipinski definition) is 1. The van der Waals surface area contributed by atoms with Gasteiger partial charge in [-0.15, -0.1) is 0 Å². The number of carbonyl (C=O) groups is 2. The zero-order valence-electron chi connectivity index (χ0n) is 11.7. The smallest absolute Gasteiger partial charge is 0.416 e. The molecule has 0 aliphatic heterocycles. The first kappa shape index (κ1) is 16.7. The molecule has 0 saturated heterocycles. The Balaban J connectivity index is 2.83. The fourth-order valence-corrected chi connectivity index (χ4v) is 2.18. The number of carboxylic acid groups (broad SMARTS) is 1. The Labute approximate surface area is 128 Å². The highest BCUT2D eigenvalue weighted by Crippen LogP contribution is 2.35. The lowest BCUT2D eigenvalue weighted by Gasteiger charge is -2.14. The first-order valence-electron chi connectivity index (χ1n) is 6.36. The van der Waals surface area contributed by atoms with Gasteiger partial charge >= 0.3 is 12.1 Å². The van der Waals surface area contributed by atoms with Crippen LogP contribution in [0.3, 0.4) is 0 Å². The summed E-state index contributed by atoms with van der Waals surface area (Å²) < 4.78 is 52.1. The first-order chi connectivity index (χ1) is 10.6. The summed E-state index contributed by atoms with van der Waals surface area (Å²) in [5.74, 6) is -2.79. The van der Waals surface area contributed by atoms with Crippen molar-refractivity contribution in [3.63, 3.8) is 0 Å². The van der Waals surface area contributed by atoms with Gasteiger partial charge in [-0.3, -0.25) is 4.79 Å². The Morgan fingerprint density at radius 3 is 2.04 bits per heavy atom. The van der Waals surface area contributed by atoms with Gasteiger partial charge in [0.25, 0.3) is 0 Å². The number of carboxylic acids is 1. The second-order valence-electron chi connectivity index (χ2n) is 4.81. The second kappa shape index (κ2) is 5.83. The van der Waals surface area contributed by atoms with Crippen LogP contribution in [0.1, 0.15) is 33.2 Å². The van der Waals surface area contributed by atoms with Gasteiger partial charge in [-0.2, -0.15) is 13.2 Å². The molecule has 0 atom stereocenters. The lowest BCUT2D eigenvalue weighted by Crippen LogP contribution is -2.09. The Kier molecular flexibility index (Phi) is 4.22. The molecule has 0 unspecified atom stereocenters. The van der Waals surface area contributed by atoms with Gasteiger partial charge < -0.3 is 5.11 Å². The highest BCUT2D eigenvalue weighted by Gasteiger charge is 2.32. The Morgan fingerprint density at radius 2 is 1.52 bits per heavy atom. The van der Waals surface area contributed by atoms with Crippen molar-refractivity contribution in [3.05, 3.63) is 58.9 Å². The molecule has 120 valence electrons. The lowest BCUT2D eigenvalue weighted by molar-refractivity contribution is -0.137. The monoisotopic (exact) mass is 326 g/mol. The number of ketones is 1. The van der Waals surface area contributed by atoms with Crippen LogP contribution in [0.25, 0.3) is 11.1 Å². The molecule has 0 heterocycles. The van der Waals surface area contributed by atoms with Crippen molar-refractivity contribution in [2.45, 2.75) is 13.1 Å². The van der Waals surface area contributed by atoms with E-state index in [1.54, 1.807) is 0 Å². The molecule has 0 aliphatic carbocycles. The standard InChI is InChI=1S/C16H10F4O3/c1-8(21)11-5-3-10(17)7-14(11)13-6-9(16(18,19)20)2-4-12(13)15(22)23/h2-7H,1H3,(H,22,23). The van der Waals surface area contributed by atoms with Crippen LogP contribution >= 0.6 is 0 Å². The van der Waals surface area contributed by atoms with Crippen LogP contribution in [-0.2, 0) is 6.18 Å². The molecule has 1 N–H and O–H groups in total. The summed E-state index contributed by atoms with van der Waals surface area (Å²) in [5.41, 5.74) is -2.16. The van der Waals surface area contributed by atoms with Crippen LogP contribution in [-0.4, -0.2) is 16.9 Å². The van der Waals surface area contributed by atoms with E-state index in [2.05, 4.69) is 0 Å². The quantitative estimate of drug-likeness (QED) is 0.671. The Bertz CT molecular complexity index is 794. The van der Waals surface area contributed by atoms with Crippen molar-refractivity contribution in [3.8, 4) is 11.1 Å². The van der Waals surface area contributed by atoms with Gasteiger partial charge in [-0.05, 0) is 54.4 Å². The van der Waals surface area contributed by atoms with E-state index >= 15 is 0 Å². The van der Waals surface area contributed by atoms with E-state index in [0.717, 1.165) is 31.2 Å². The predicted molar refractivity (Wildman–Crippen MR) is 73.8 cm³/mol. The summed E-state index contributed by atoms with van der Waals surface area (Å²) in [6, 6.07) is 4.95. The SMILES string of the molecule is CC(=O)c1ccc(F)cc1-c1cc(C(F)(F)F)ccc1C(=O)O. The van der Waals surface area contributed by atoms with Crippen LogP contribution in [0.2, 0.25) is 0 Å². The molecule has 0 bridgehead atoms. The number of aromatic carboxylic acids is 1. The molecule has 0 radical (unpaired) electrons. The fourth-order valence-electron chi connectivity index (χ4n) is 2.18. The molecule has 3 nitrogen and oxygen atoms in total. The van der Waals surface area contributed by atoms with E-state index in [1.165, 1.54) is 0 Å². The van der Waals surface area contributed by atoms with Gasteiger partial charge in [0.05, 0.1) is 11.1 Å². The number of benzene rings is 2. The molecule has 7 heteroatoms. The van der Waals surface area contributed by atoms with Gasteiger partial charge in [-0.1, -0.05) is 0 Å². The van der Waals surface area contributed by atoms with Crippen molar-refractivity contribution < 1.29 is 32.3 Å². The number of carbonyl (C=O) groups excluding carboxylic acids is 1.